The molecular formula is C6H7N3O2S. The molecule has 0 aliphatic carbocycles. The van der Waals surface area contributed by atoms with E-state index < -0.39 is 4.92 Å². The van der Waals surface area contributed by atoms with Gasteiger partial charge in [-0.25, -0.2) is 4.98 Å². The number of pyridine rings is 1. The SMILES string of the molecule is CNSc1cc([N+](=O)[O-])ccn1. The molecule has 0 spiro atoms. The first kappa shape index (κ1) is 8.95. The smallest absolute Gasteiger partial charge is 0.262 e. The zero-order valence-corrected chi connectivity index (χ0v) is 7.17. The Bertz CT molecular complexity index is 292. The molecule has 0 amide bonds. The molecule has 0 saturated carbocycles. The van der Waals surface area contributed by atoms with Gasteiger partial charge in [-0.2, -0.15) is 0 Å². The van der Waals surface area contributed by atoms with Crippen molar-refractivity contribution in [1.29, 1.82) is 0 Å². The van der Waals surface area contributed by atoms with Crippen molar-refractivity contribution in [3.05, 3.63) is 28.4 Å². The van der Waals surface area contributed by atoms with Crippen molar-refractivity contribution < 1.29 is 4.92 Å². The van der Waals surface area contributed by atoms with E-state index in [1.807, 2.05) is 0 Å². The first-order valence-electron chi connectivity index (χ1n) is 3.18. The second-order valence-corrected chi connectivity index (χ2v) is 2.95. The van der Waals surface area contributed by atoms with Crippen LogP contribution in [0.25, 0.3) is 0 Å². The molecule has 0 unspecified atom stereocenters. The normalized spacial score (nSPS) is 9.75. The number of nitro groups is 1. The highest BCUT2D eigenvalue weighted by Crippen LogP contribution is 2.16. The number of hydrogen-bond donors (Lipinski definition) is 1. The monoisotopic (exact) mass is 185 g/mol. The molecule has 0 atom stereocenters. The van der Waals surface area contributed by atoms with E-state index in [2.05, 4.69) is 9.71 Å². The summed E-state index contributed by atoms with van der Waals surface area (Å²) in [6.07, 6.45) is 1.41. The second-order valence-electron chi connectivity index (χ2n) is 1.92. The van der Waals surface area contributed by atoms with Crippen molar-refractivity contribution in [3.63, 3.8) is 0 Å². The maximum absolute atomic E-state index is 10.3. The van der Waals surface area contributed by atoms with Gasteiger partial charge in [-0.1, -0.05) is 0 Å². The molecule has 5 nitrogen and oxygen atoms in total. The minimum absolute atomic E-state index is 0.0581. The molecule has 1 aromatic rings. The van der Waals surface area contributed by atoms with E-state index in [0.29, 0.717) is 5.03 Å². The number of rotatable bonds is 3. The molecule has 0 aliphatic heterocycles. The van der Waals surface area contributed by atoms with E-state index in [1.54, 1.807) is 7.05 Å². The van der Waals surface area contributed by atoms with E-state index >= 15 is 0 Å². The Morgan fingerprint density at radius 3 is 3.08 bits per heavy atom. The Balaban J connectivity index is 2.88. The van der Waals surface area contributed by atoms with Crippen LogP contribution >= 0.6 is 11.9 Å². The summed E-state index contributed by atoms with van der Waals surface area (Å²) in [5.74, 6) is 0. The average molecular weight is 185 g/mol. The highest BCUT2D eigenvalue weighted by Gasteiger charge is 2.05. The van der Waals surface area contributed by atoms with Crippen LogP contribution in [0.3, 0.4) is 0 Å². The van der Waals surface area contributed by atoms with Crippen LogP contribution in [0.4, 0.5) is 5.69 Å². The molecule has 6 heteroatoms. The number of nitrogens with one attached hydrogen (secondary N) is 1. The minimum Gasteiger partial charge on any atom is -0.262 e. The summed E-state index contributed by atoms with van der Waals surface area (Å²) in [6, 6.07) is 2.78. The lowest BCUT2D eigenvalue weighted by Gasteiger charge is -1.96. The van der Waals surface area contributed by atoms with Crippen LogP contribution in [-0.2, 0) is 0 Å². The molecule has 0 radical (unpaired) electrons. The van der Waals surface area contributed by atoms with Crippen molar-refractivity contribution in [2.75, 3.05) is 7.05 Å². The van der Waals surface area contributed by atoms with E-state index in [0.717, 1.165) is 0 Å². The number of nitrogens with zero attached hydrogens (tertiary/aromatic N) is 2. The first-order chi connectivity index (χ1) is 5.74. The van der Waals surface area contributed by atoms with Gasteiger partial charge < -0.3 is 0 Å². The fraction of sp³-hybridized carbons (Fsp3) is 0.167. The third-order valence-corrected chi connectivity index (χ3v) is 1.77. The van der Waals surface area contributed by atoms with Gasteiger partial charge >= 0.3 is 0 Å². The minimum atomic E-state index is -0.443. The van der Waals surface area contributed by atoms with Gasteiger partial charge in [-0.15, -0.1) is 0 Å². The Labute approximate surface area is 73.5 Å². The fourth-order valence-corrected chi connectivity index (χ4v) is 1.18. The highest BCUT2D eigenvalue weighted by atomic mass is 32.2. The lowest BCUT2D eigenvalue weighted by Crippen LogP contribution is -1.94. The lowest BCUT2D eigenvalue weighted by atomic mass is 10.4. The topological polar surface area (TPSA) is 68.1 Å². The van der Waals surface area contributed by atoms with E-state index in [1.165, 1.54) is 30.3 Å². The fourth-order valence-electron chi connectivity index (χ4n) is 0.673. The van der Waals surface area contributed by atoms with E-state index in [-0.39, 0.29) is 5.69 Å². The van der Waals surface area contributed by atoms with Crippen molar-refractivity contribution in [3.8, 4) is 0 Å². The van der Waals surface area contributed by atoms with Crippen LogP contribution in [0.1, 0.15) is 0 Å². The maximum Gasteiger partial charge on any atom is 0.273 e. The molecule has 0 saturated heterocycles. The van der Waals surface area contributed by atoms with Crippen molar-refractivity contribution >= 4 is 17.6 Å². The van der Waals surface area contributed by atoms with E-state index in [4.69, 9.17) is 0 Å². The second kappa shape index (κ2) is 4.03. The van der Waals surface area contributed by atoms with Crippen LogP contribution in [0, 0.1) is 10.1 Å². The summed E-state index contributed by atoms with van der Waals surface area (Å²) in [4.78, 5) is 13.8. The lowest BCUT2D eigenvalue weighted by molar-refractivity contribution is -0.385. The summed E-state index contributed by atoms with van der Waals surface area (Å²) in [5, 5.41) is 10.9. The predicted octanol–water partition coefficient (Wildman–Crippen LogP) is 1.22. The van der Waals surface area contributed by atoms with Gasteiger partial charge in [-0.05, 0) is 19.0 Å². The molecule has 1 heterocycles. The Morgan fingerprint density at radius 1 is 1.75 bits per heavy atom. The van der Waals surface area contributed by atoms with Crippen LogP contribution in [0.2, 0.25) is 0 Å². The van der Waals surface area contributed by atoms with Crippen LogP contribution in [-0.4, -0.2) is 17.0 Å². The van der Waals surface area contributed by atoms with Gasteiger partial charge in [0.15, 0.2) is 0 Å². The zero-order chi connectivity index (χ0) is 8.97. The maximum atomic E-state index is 10.3. The molecule has 0 fully saturated rings. The molecule has 1 aromatic heterocycles. The average Bonchev–Trinajstić information content (AvgIpc) is 2.05. The summed E-state index contributed by atoms with van der Waals surface area (Å²) in [6.45, 7) is 0. The zero-order valence-electron chi connectivity index (χ0n) is 6.35. The standard InChI is InChI=1S/C6H7N3O2S/c1-7-12-6-4-5(9(10)11)2-3-8-6/h2-4,7H,1H3. The molecule has 64 valence electrons. The van der Waals surface area contributed by atoms with Crippen molar-refractivity contribution in [2.24, 2.45) is 0 Å². The van der Waals surface area contributed by atoms with Gasteiger partial charge in [0.2, 0.25) is 0 Å². The summed E-state index contributed by atoms with van der Waals surface area (Å²) < 4.78 is 2.78. The quantitative estimate of drug-likeness (QED) is 0.435. The Kier molecular flexibility index (Phi) is 3.01. The molecule has 1 rings (SSSR count). The largest absolute Gasteiger partial charge is 0.273 e. The molecule has 0 aromatic carbocycles. The Hall–Kier alpha value is -1.14. The third kappa shape index (κ3) is 2.18. The molecule has 1 N–H and O–H groups in total. The van der Waals surface area contributed by atoms with Crippen LogP contribution in [0.5, 0.6) is 0 Å². The molecule has 12 heavy (non-hydrogen) atoms. The van der Waals surface area contributed by atoms with Gasteiger partial charge in [-0.3, -0.25) is 14.8 Å². The van der Waals surface area contributed by atoms with Gasteiger partial charge in [0.25, 0.3) is 5.69 Å². The summed E-state index contributed by atoms with van der Waals surface area (Å²) in [7, 11) is 1.73. The van der Waals surface area contributed by atoms with E-state index in [9.17, 15) is 10.1 Å². The summed E-state index contributed by atoms with van der Waals surface area (Å²) in [5.41, 5.74) is 0.0581. The van der Waals surface area contributed by atoms with Gasteiger partial charge in [0, 0.05) is 18.3 Å². The van der Waals surface area contributed by atoms with Crippen molar-refractivity contribution in [2.45, 2.75) is 5.03 Å². The summed E-state index contributed by atoms with van der Waals surface area (Å²) >= 11 is 1.24. The first-order valence-corrected chi connectivity index (χ1v) is 3.99. The van der Waals surface area contributed by atoms with Crippen molar-refractivity contribution in [1.82, 2.24) is 9.71 Å². The molecule has 0 bridgehead atoms. The predicted molar refractivity (Wildman–Crippen MR) is 45.8 cm³/mol. The van der Waals surface area contributed by atoms with Gasteiger partial charge in [0.05, 0.1) is 4.92 Å². The van der Waals surface area contributed by atoms with Gasteiger partial charge in [0.1, 0.15) is 5.03 Å². The molecular weight excluding hydrogens is 178 g/mol. The number of aromatic nitrogens is 1. The Morgan fingerprint density at radius 2 is 2.50 bits per heavy atom. The molecule has 0 aliphatic rings. The third-order valence-electron chi connectivity index (χ3n) is 1.14. The van der Waals surface area contributed by atoms with Crippen LogP contribution < -0.4 is 4.72 Å². The highest BCUT2D eigenvalue weighted by molar-refractivity contribution is 7.97. The van der Waals surface area contributed by atoms with Crippen LogP contribution in [0.15, 0.2) is 23.4 Å². The number of hydrogen-bond acceptors (Lipinski definition) is 5.